The van der Waals surface area contributed by atoms with Crippen LogP contribution in [0.25, 0.3) is 16.6 Å². The standard InChI is InChI=1S/C13H6Cl2N4O/c14-10-3-8(5-16)4-11(15)13(10)19-7-9-6-18(20)2-1-12(9)17-19/h1-4,6-7H. The van der Waals surface area contributed by atoms with E-state index >= 15 is 0 Å². The van der Waals surface area contributed by atoms with Gasteiger partial charge in [-0.3, -0.25) is 0 Å². The average molecular weight is 305 g/mol. The van der Waals surface area contributed by atoms with Gasteiger partial charge in [-0.25, -0.2) is 4.68 Å². The first-order valence-corrected chi connectivity index (χ1v) is 6.32. The number of nitriles is 1. The Morgan fingerprint density at radius 3 is 2.65 bits per heavy atom. The van der Waals surface area contributed by atoms with Gasteiger partial charge in [0.2, 0.25) is 0 Å². The molecule has 0 unspecified atom stereocenters. The fourth-order valence-electron chi connectivity index (χ4n) is 1.92. The van der Waals surface area contributed by atoms with Gasteiger partial charge in [-0.2, -0.15) is 15.1 Å². The third-order valence-electron chi connectivity index (χ3n) is 2.79. The number of halogens is 2. The van der Waals surface area contributed by atoms with Crippen LogP contribution in [0.1, 0.15) is 5.56 Å². The summed E-state index contributed by atoms with van der Waals surface area (Å²) in [6.45, 7) is 0. The minimum atomic E-state index is 0.317. The Bertz CT molecular complexity index is 843. The molecule has 0 aliphatic rings. The van der Waals surface area contributed by atoms with Crippen LogP contribution in [0.2, 0.25) is 10.0 Å². The van der Waals surface area contributed by atoms with Crippen molar-refractivity contribution in [2.45, 2.75) is 0 Å². The molecule has 0 N–H and O–H groups in total. The van der Waals surface area contributed by atoms with Gasteiger partial charge in [-0.1, -0.05) is 23.2 Å². The van der Waals surface area contributed by atoms with Crippen molar-refractivity contribution in [2.75, 3.05) is 0 Å². The molecule has 3 aromatic rings. The molecule has 0 aliphatic carbocycles. The lowest BCUT2D eigenvalue weighted by molar-refractivity contribution is -0.603. The van der Waals surface area contributed by atoms with E-state index in [0.29, 0.717) is 36.9 Å². The molecule has 0 bridgehead atoms. The summed E-state index contributed by atoms with van der Waals surface area (Å²) in [5, 5.41) is 25.7. The zero-order valence-electron chi connectivity index (χ0n) is 9.92. The van der Waals surface area contributed by atoms with Crippen molar-refractivity contribution >= 4 is 34.1 Å². The molecule has 7 heteroatoms. The number of pyridine rings is 1. The Labute approximate surface area is 123 Å². The van der Waals surface area contributed by atoms with Crippen molar-refractivity contribution in [2.24, 2.45) is 0 Å². The predicted molar refractivity (Wildman–Crippen MR) is 74.8 cm³/mol. The highest BCUT2D eigenvalue weighted by molar-refractivity contribution is 6.38. The summed E-state index contributed by atoms with van der Waals surface area (Å²) in [4.78, 5) is 0. The minimum absolute atomic E-state index is 0.317. The van der Waals surface area contributed by atoms with Crippen LogP contribution in [0.3, 0.4) is 0 Å². The average Bonchev–Trinajstić information content (AvgIpc) is 2.80. The van der Waals surface area contributed by atoms with Gasteiger partial charge in [0.15, 0.2) is 12.4 Å². The molecule has 2 aromatic heterocycles. The molecule has 2 heterocycles. The molecule has 98 valence electrons. The second-order valence-electron chi connectivity index (χ2n) is 4.12. The quantitative estimate of drug-likeness (QED) is 0.513. The lowest BCUT2D eigenvalue weighted by atomic mass is 10.2. The highest BCUT2D eigenvalue weighted by Gasteiger charge is 2.13. The monoisotopic (exact) mass is 304 g/mol. The zero-order chi connectivity index (χ0) is 14.3. The Balaban J connectivity index is 2.23. The van der Waals surface area contributed by atoms with Gasteiger partial charge >= 0.3 is 0 Å². The first-order valence-electron chi connectivity index (χ1n) is 5.56. The normalized spacial score (nSPS) is 10.7. The zero-order valence-corrected chi connectivity index (χ0v) is 11.4. The largest absolute Gasteiger partial charge is 0.619 e. The molecule has 1 aromatic carbocycles. The van der Waals surface area contributed by atoms with Gasteiger partial charge in [-0.15, -0.1) is 0 Å². The maximum atomic E-state index is 11.2. The summed E-state index contributed by atoms with van der Waals surface area (Å²) >= 11 is 12.3. The van der Waals surface area contributed by atoms with Crippen LogP contribution < -0.4 is 4.73 Å². The van der Waals surface area contributed by atoms with Crippen molar-refractivity contribution in [3.8, 4) is 11.8 Å². The van der Waals surface area contributed by atoms with Crippen LogP contribution in [0.5, 0.6) is 0 Å². The van der Waals surface area contributed by atoms with E-state index in [1.165, 1.54) is 29.2 Å². The van der Waals surface area contributed by atoms with Crippen LogP contribution in [0, 0.1) is 16.5 Å². The molecule has 3 rings (SSSR count). The molecule has 0 saturated heterocycles. The number of benzene rings is 1. The lowest BCUT2D eigenvalue weighted by Gasteiger charge is -2.06. The third-order valence-corrected chi connectivity index (χ3v) is 3.37. The van der Waals surface area contributed by atoms with Crippen LogP contribution in [-0.2, 0) is 0 Å². The Morgan fingerprint density at radius 2 is 2.00 bits per heavy atom. The molecule has 0 spiro atoms. The summed E-state index contributed by atoms with van der Waals surface area (Å²) in [6, 6.07) is 6.61. The highest BCUT2D eigenvalue weighted by atomic mass is 35.5. The summed E-state index contributed by atoms with van der Waals surface area (Å²) in [7, 11) is 0. The first kappa shape index (κ1) is 12.7. The van der Waals surface area contributed by atoms with Gasteiger partial charge in [-0.05, 0) is 12.1 Å². The van der Waals surface area contributed by atoms with Gasteiger partial charge in [0.05, 0.1) is 27.1 Å². The summed E-state index contributed by atoms with van der Waals surface area (Å²) < 4.78 is 2.19. The fraction of sp³-hybridized carbons (Fsp3) is 0. The fourth-order valence-corrected chi connectivity index (χ4v) is 2.58. The maximum absolute atomic E-state index is 11.2. The van der Waals surface area contributed by atoms with E-state index in [1.54, 1.807) is 12.3 Å². The van der Waals surface area contributed by atoms with Crippen LogP contribution in [-0.4, -0.2) is 9.78 Å². The lowest BCUT2D eigenvalue weighted by Crippen LogP contribution is -2.23. The number of hydrogen-bond acceptors (Lipinski definition) is 3. The molecule has 0 atom stereocenters. The Hall–Kier alpha value is -2.29. The van der Waals surface area contributed by atoms with Crippen molar-refractivity contribution < 1.29 is 4.73 Å². The van der Waals surface area contributed by atoms with Gasteiger partial charge in [0.1, 0.15) is 11.2 Å². The second-order valence-corrected chi connectivity index (χ2v) is 4.93. The predicted octanol–water partition coefficient (Wildman–Crippen LogP) is 2.84. The van der Waals surface area contributed by atoms with Crippen molar-refractivity contribution in [3.63, 3.8) is 0 Å². The van der Waals surface area contributed by atoms with Crippen molar-refractivity contribution in [1.29, 1.82) is 5.26 Å². The van der Waals surface area contributed by atoms with E-state index in [1.807, 2.05) is 6.07 Å². The highest BCUT2D eigenvalue weighted by Crippen LogP contribution is 2.30. The third kappa shape index (κ3) is 2.05. The molecule has 0 fully saturated rings. The molecule has 0 aliphatic heterocycles. The maximum Gasteiger partial charge on any atom is 0.191 e. The van der Waals surface area contributed by atoms with Gasteiger partial charge in [0, 0.05) is 12.3 Å². The smallest absolute Gasteiger partial charge is 0.191 e. The molecule has 5 nitrogen and oxygen atoms in total. The van der Waals surface area contributed by atoms with E-state index in [-0.39, 0.29) is 0 Å². The summed E-state index contributed by atoms with van der Waals surface area (Å²) in [5.41, 5.74) is 1.49. The van der Waals surface area contributed by atoms with Crippen molar-refractivity contribution in [1.82, 2.24) is 9.78 Å². The molecule has 0 radical (unpaired) electrons. The number of nitrogens with zero attached hydrogens (tertiary/aromatic N) is 4. The van der Waals surface area contributed by atoms with E-state index in [2.05, 4.69) is 5.10 Å². The van der Waals surface area contributed by atoms with Gasteiger partial charge in [0.25, 0.3) is 0 Å². The van der Waals surface area contributed by atoms with Crippen molar-refractivity contribution in [3.05, 3.63) is 57.6 Å². The molecule has 0 saturated carbocycles. The van der Waals surface area contributed by atoms with Crippen LogP contribution >= 0.6 is 23.2 Å². The van der Waals surface area contributed by atoms with E-state index in [4.69, 9.17) is 28.5 Å². The van der Waals surface area contributed by atoms with Crippen LogP contribution in [0.15, 0.2) is 36.8 Å². The van der Waals surface area contributed by atoms with Crippen LogP contribution in [0.4, 0.5) is 0 Å². The number of aromatic nitrogens is 3. The number of fused-ring (bicyclic) bond motifs is 1. The van der Waals surface area contributed by atoms with E-state index in [0.717, 1.165) is 0 Å². The number of rotatable bonds is 1. The molecular weight excluding hydrogens is 299 g/mol. The summed E-state index contributed by atoms with van der Waals surface area (Å²) in [6.07, 6.45) is 4.43. The summed E-state index contributed by atoms with van der Waals surface area (Å²) in [5.74, 6) is 0. The Kier molecular flexibility index (Phi) is 2.97. The van der Waals surface area contributed by atoms with Gasteiger partial charge < -0.3 is 5.21 Å². The van der Waals surface area contributed by atoms with E-state index < -0.39 is 0 Å². The SMILES string of the molecule is N#Cc1cc(Cl)c(-n2cc3c[n+]([O-])ccc3n2)c(Cl)c1. The molecule has 20 heavy (non-hydrogen) atoms. The van der Waals surface area contributed by atoms with E-state index in [9.17, 15) is 5.21 Å². The molecule has 0 amide bonds. The topological polar surface area (TPSA) is 68.5 Å². The second kappa shape index (κ2) is 4.67. The molecular formula is C13H6Cl2N4O. The minimum Gasteiger partial charge on any atom is -0.619 e. The number of hydrogen-bond donors (Lipinski definition) is 0. The first-order chi connectivity index (χ1) is 9.58. The Morgan fingerprint density at radius 1 is 1.30 bits per heavy atom.